The Morgan fingerprint density at radius 1 is 1.60 bits per heavy atom. The summed E-state index contributed by atoms with van der Waals surface area (Å²) in [4.78, 5) is 10.8. The summed E-state index contributed by atoms with van der Waals surface area (Å²) in [5.74, 6) is -0.315. The molecule has 5 heteroatoms. The summed E-state index contributed by atoms with van der Waals surface area (Å²) < 4.78 is 1.13. The van der Waals surface area contributed by atoms with Crippen molar-refractivity contribution in [3.05, 3.63) is 8.96 Å². The highest BCUT2D eigenvalue weighted by Gasteiger charge is 2.05. The van der Waals surface area contributed by atoms with Crippen LogP contribution in [-0.2, 0) is 4.79 Å². The molecule has 1 N–H and O–H groups in total. The van der Waals surface area contributed by atoms with Crippen LogP contribution in [0.4, 0.5) is 0 Å². The Labute approximate surface area is 75.8 Å². The fourth-order valence-corrected chi connectivity index (χ4v) is 0.546. The van der Waals surface area contributed by atoms with Gasteiger partial charge in [0.25, 0.3) is 5.91 Å². The van der Waals surface area contributed by atoms with Crippen molar-refractivity contribution < 1.29 is 4.79 Å². The molecule has 0 aromatic heterocycles. The SMILES string of the molecule is C=NNC(=O)/C(Br)=C(\C)Br. The summed E-state index contributed by atoms with van der Waals surface area (Å²) in [6.45, 7) is 4.84. The first kappa shape index (κ1) is 9.84. The first-order chi connectivity index (χ1) is 4.59. The average molecular weight is 270 g/mol. The summed E-state index contributed by atoms with van der Waals surface area (Å²) in [6.07, 6.45) is 0. The minimum absolute atomic E-state index is 0.315. The number of carbonyl (C=O) groups excluding carboxylic acids is 1. The zero-order valence-electron chi connectivity index (χ0n) is 5.32. The van der Waals surface area contributed by atoms with E-state index in [0.717, 1.165) is 0 Å². The number of nitrogens with zero attached hydrogens (tertiary/aromatic N) is 1. The molecule has 0 spiro atoms. The Kier molecular flexibility index (Phi) is 4.55. The molecule has 0 atom stereocenters. The van der Waals surface area contributed by atoms with Crippen LogP contribution in [0.15, 0.2) is 14.1 Å². The van der Waals surface area contributed by atoms with Gasteiger partial charge in [0.05, 0.1) is 4.48 Å². The second-order valence-corrected chi connectivity index (χ2v) is 3.43. The molecule has 56 valence electrons. The topological polar surface area (TPSA) is 41.5 Å². The first-order valence-corrected chi connectivity index (χ1v) is 3.96. The van der Waals surface area contributed by atoms with E-state index in [1.165, 1.54) is 0 Å². The largest absolute Gasteiger partial charge is 0.279 e. The molecule has 0 radical (unpaired) electrons. The number of carbonyl (C=O) groups is 1. The van der Waals surface area contributed by atoms with Crippen LogP contribution in [0.2, 0.25) is 0 Å². The number of hydrogen-bond donors (Lipinski definition) is 1. The molecule has 0 bridgehead atoms. The van der Waals surface area contributed by atoms with Crippen LogP contribution < -0.4 is 5.43 Å². The molecule has 3 nitrogen and oxygen atoms in total. The minimum Gasteiger partial charge on any atom is -0.267 e. The van der Waals surface area contributed by atoms with E-state index in [0.29, 0.717) is 8.96 Å². The van der Waals surface area contributed by atoms with Gasteiger partial charge in [-0.1, -0.05) is 15.9 Å². The Bertz CT molecular complexity index is 184. The zero-order chi connectivity index (χ0) is 8.15. The standard InChI is InChI=1S/C5H6Br2N2O/c1-3(6)4(7)5(10)9-8-2/h2H2,1H3,(H,9,10)/b4-3-. The Morgan fingerprint density at radius 2 is 2.10 bits per heavy atom. The van der Waals surface area contributed by atoms with E-state index in [2.05, 4.69) is 49.1 Å². The maximum Gasteiger partial charge on any atom is 0.279 e. The van der Waals surface area contributed by atoms with Gasteiger partial charge in [0.15, 0.2) is 0 Å². The van der Waals surface area contributed by atoms with Gasteiger partial charge in [0, 0.05) is 11.2 Å². The molecule has 0 unspecified atom stereocenters. The molecule has 0 rings (SSSR count). The summed E-state index contributed by atoms with van der Waals surface area (Å²) >= 11 is 6.16. The molecule has 0 heterocycles. The number of amides is 1. The van der Waals surface area contributed by atoms with Crippen LogP contribution in [0, 0.1) is 0 Å². The smallest absolute Gasteiger partial charge is 0.267 e. The van der Waals surface area contributed by atoms with Gasteiger partial charge in [0.1, 0.15) is 0 Å². The molecule has 1 amide bonds. The zero-order valence-corrected chi connectivity index (χ0v) is 8.49. The lowest BCUT2D eigenvalue weighted by atomic mass is 10.5. The van der Waals surface area contributed by atoms with Crippen molar-refractivity contribution in [1.29, 1.82) is 0 Å². The van der Waals surface area contributed by atoms with Crippen LogP contribution in [0.5, 0.6) is 0 Å². The van der Waals surface area contributed by atoms with Gasteiger partial charge in [0.2, 0.25) is 0 Å². The van der Waals surface area contributed by atoms with E-state index in [-0.39, 0.29) is 5.91 Å². The third kappa shape index (κ3) is 3.12. The van der Waals surface area contributed by atoms with Gasteiger partial charge in [-0.25, -0.2) is 5.43 Å². The molecule has 0 aliphatic carbocycles. The summed E-state index contributed by atoms with van der Waals surface area (Å²) in [5.41, 5.74) is 2.17. The highest BCUT2D eigenvalue weighted by Crippen LogP contribution is 2.16. The van der Waals surface area contributed by atoms with E-state index in [1.807, 2.05) is 0 Å². The second kappa shape index (κ2) is 4.62. The van der Waals surface area contributed by atoms with Gasteiger partial charge >= 0.3 is 0 Å². The Balaban J connectivity index is 4.22. The third-order valence-electron chi connectivity index (χ3n) is 0.682. The van der Waals surface area contributed by atoms with Crippen LogP contribution in [0.3, 0.4) is 0 Å². The van der Waals surface area contributed by atoms with Crippen LogP contribution in [0.1, 0.15) is 6.92 Å². The molecule has 0 aliphatic rings. The molecular formula is C5H6Br2N2O. The lowest BCUT2D eigenvalue weighted by molar-refractivity contribution is -0.116. The van der Waals surface area contributed by atoms with Crippen LogP contribution in [0.25, 0.3) is 0 Å². The molecule has 0 aromatic rings. The molecule has 0 fully saturated rings. The maximum absolute atomic E-state index is 10.8. The van der Waals surface area contributed by atoms with Crippen molar-refractivity contribution in [3.63, 3.8) is 0 Å². The molecule has 10 heavy (non-hydrogen) atoms. The van der Waals surface area contributed by atoms with E-state index in [1.54, 1.807) is 6.92 Å². The lowest BCUT2D eigenvalue weighted by Gasteiger charge is -1.96. The van der Waals surface area contributed by atoms with E-state index in [9.17, 15) is 4.79 Å². The van der Waals surface area contributed by atoms with E-state index < -0.39 is 0 Å². The van der Waals surface area contributed by atoms with Crippen LogP contribution in [-0.4, -0.2) is 12.6 Å². The molecule has 0 saturated heterocycles. The van der Waals surface area contributed by atoms with Crippen molar-refractivity contribution in [3.8, 4) is 0 Å². The summed E-state index contributed by atoms with van der Waals surface area (Å²) in [7, 11) is 0. The quantitative estimate of drug-likeness (QED) is 0.463. The predicted octanol–water partition coefficient (Wildman–Crippen LogP) is 1.74. The number of allylic oxidation sites excluding steroid dienone is 1. The second-order valence-electron chi connectivity index (χ2n) is 1.45. The van der Waals surface area contributed by atoms with Gasteiger partial charge in [-0.05, 0) is 22.9 Å². The van der Waals surface area contributed by atoms with Gasteiger partial charge in [-0.3, -0.25) is 4.79 Å². The molecule has 0 saturated carbocycles. The summed E-state index contributed by atoms with van der Waals surface area (Å²) in [5, 5.41) is 3.20. The minimum atomic E-state index is -0.315. The average Bonchev–Trinajstić information content (AvgIpc) is 1.87. The number of hydrogen-bond acceptors (Lipinski definition) is 2. The van der Waals surface area contributed by atoms with Crippen LogP contribution >= 0.6 is 31.9 Å². The molecular weight excluding hydrogens is 264 g/mol. The van der Waals surface area contributed by atoms with Crippen molar-refractivity contribution in [1.82, 2.24) is 5.43 Å². The Hall–Kier alpha value is -0.160. The number of hydrazone groups is 1. The van der Waals surface area contributed by atoms with E-state index >= 15 is 0 Å². The monoisotopic (exact) mass is 268 g/mol. The number of nitrogens with one attached hydrogen (secondary N) is 1. The normalized spacial score (nSPS) is 11.9. The van der Waals surface area contributed by atoms with E-state index in [4.69, 9.17) is 0 Å². The predicted molar refractivity (Wildman–Crippen MR) is 48.2 cm³/mol. The number of rotatable bonds is 2. The fraction of sp³-hybridized carbons (Fsp3) is 0.200. The fourth-order valence-electron chi connectivity index (χ4n) is 0.277. The third-order valence-corrected chi connectivity index (χ3v) is 2.57. The highest BCUT2D eigenvalue weighted by molar-refractivity contribution is 9.14. The van der Waals surface area contributed by atoms with Gasteiger partial charge < -0.3 is 0 Å². The van der Waals surface area contributed by atoms with Crippen molar-refractivity contribution in [2.75, 3.05) is 0 Å². The molecule has 0 aliphatic heterocycles. The van der Waals surface area contributed by atoms with Crippen molar-refractivity contribution >= 4 is 44.5 Å². The summed E-state index contributed by atoms with van der Waals surface area (Å²) in [6, 6.07) is 0. The number of halogens is 2. The maximum atomic E-state index is 10.8. The van der Waals surface area contributed by atoms with Crippen molar-refractivity contribution in [2.45, 2.75) is 6.92 Å². The first-order valence-electron chi connectivity index (χ1n) is 2.37. The lowest BCUT2D eigenvalue weighted by Crippen LogP contribution is -2.16. The van der Waals surface area contributed by atoms with Crippen molar-refractivity contribution in [2.24, 2.45) is 5.10 Å². The highest BCUT2D eigenvalue weighted by atomic mass is 79.9. The molecule has 0 aromatic carbocycles. The van der Waals surface area contributed by atoms with Gasteiger partial charge in [-0.15, -0.1) is 0 Å². The van der Waals surface area contributed by atoms with Gasteiger partial charge in [-0.2, -0.15) is 5.10 Å². The Morgan fingerprint density at radius 3 is 2.40 bits per heavy atom.